The third-order valence-electron chi connectivity index (χ3n) is 4.19. The van der Waals surface area contributed by atoms with Crippen molar-refractivity contribution in [2.75, 3.05) is 12.4 Å². The van der Waals surface area contributed by atoms with Crippen molar-refractivity contribution in [2.45, 2.75) is 37.0 Å². The van der Waals surface area contributed by atoms with E-state index in [0.29, 0.717) is 0 Å². The first-order valence-electron chi connectivity index (χ1n) is 7.52. The van der Waals surface area contributed by atoms with Gasteiger partial charge in [-0.3, -0.25) is 9.78 Å². The SMILES string of the molecule is C[C@H](O)[C@H]1O[C@@H](n2ccc3c(=O)[nH]c(N)nc32)C(N)(C#CCF)[C@H]1O. The lowest BCUT2D eigenvalue weighted by molar-refractivity contribution is -0.0755. The Bertz CT molecular complexity index is 914. The van der Waals surface area contributed by atoms with E-state index in [1.807, 2.05) is 0 Å². The average molecular weight is 351 g/mol. The first kappa shape index (κ1) is 17.4. The quantitative estimate of drug-likeness (QED) is 0.418. The predicted molar refractivity (Wildman–Crippen MR) is 87.0 cm³/mol. The molecule has 5 atom stereocenters. The number of fused-ring (bicyclic) bond motifs is 1. The van der Waals surface area contributed by atoms with Gasteiger partial charge in [-0.15, -0.1) is 0 Å². The summed E-state index contributed by atoms with van der Waals surface area (Å²) >= 11 is 0. The number of nitrogens with two attached hydrogens (primary N) is 2. The molecule has 3 rings (SSSR count). The highest BCUT2D eigenvalue weighted by atomic mass is 19.1. The second kappa shape index (κ2) is 6.12. The lowest BCUT2D eigenvalue weighted by Gasteiger charge is -2.28. The Morgan fingerprint density at radius 3 is 3.00 bits per heavy atom. The van der Waals surface area contributed by atoms with E-state index in [1.165, 1.54) is 23.8 Å². The molecule has 2 aromatic heterocycles. The minimum Gasteiger partial charge on any atom is -0.391 e. The van der Waals surface area contributed by atoms with Crippen LogP contribution < -0.4 is 17.0 Å². The van der Waals surface area contributed by atoms with Gasteiger partial charge in [0.15, 0.2) is 17.4 Å². The number of anilines is 1. The molecule has 1 saturated heterocycles. The Hall–Kier alpha value is -2.45. The summed E-state index contributed by atoms with van der Waals surface area (Å²) in [6, 6.07) is 1.48. The standard InChI is InChI=1S/C15H18FN5O4/c1-7(22)9-10(23)15(18,4-2-5-16)13(25-9)21-6-3-8-11(21)19-14(17)20-12(8)24/h3,6-7,9-10,13,22-23H,5,18H2,1H3,(H3,17,19,20,24)/t7-,9+,10-,13+,15?/m0/s1. The van der Waals surface area contributed by atoms with Crippen LogP contribution in [0.5, 0.6) is 0 Å². The molecular weight excluding hydrogens is 333 g/mol. The summed E-state index contributed by atoms with van der Waals surface area (Å²) in [6.07, 6.45) is -3.15. The maximum absolute atomic E-state index is 12.5. The van der Waals surface area contributed by atoms with Crippen molar-refractivity contribution < 1.29 is 19.3 Å². The van der Waals surface area contributed by atoms with Crippen molar-refractivity contribution in [1.82, 2.24) is 14.5 Å². The van der Waals surface area contributed by atoms with Crippen LogP contribution in [-0.2, 0) is 4.74 Å². The van der Waals surface area contributed by atoms with E-state index in [2.05, 4.69) is 21.8 Å². The highest BCUT2D eigenvalue weighted by molar-refractivity contribution is 5.76. The van der Waals surface area contributed by atoms with E-state index in [9.17, 15) is 19.4 Å². The van der Waals surface area contributed by atoms with Gasteiger partial charge in [-0.2, -0.15) is 4.98 Å². The molecule has 0 saturated carbocycles. The normalized spacial score (nSPS) is 30.2. The Morgan fingerprint density at radius 2 is 2.36 bits per heavy atom. The van der Waals surface area contributed by atoms with Crippen LogP contribution in [-0.4, -0.2) is 55.3 Å². The molecule has 1 aliphatic heterocycles. The van der Waals surface area contributed by atoms with Crippen molar-refractivity contribution in [1.29, 1.82) is 0 Å². The largest absolute Gasteiger partial charge is 0.391 e. The van der Waals surface area contributed by atoms with Gasteiger partial charge in [0.25, 0.3) is 5.56 Å². The molecule has 134 valence electrons. The van der Waals surface area contributed by atoms with Gasteiger partial charge in [0.2, 0.25) is 5.95 Å². The van der Waals surface area contributed by atoms with Crippen LogP contribution in [0.3, 0.4) is 0 Å². The zero-order chi connectivity index (χ0) is 18.4. The molecule has 0 amide bonds. The molecule has 3 heterocycles. The zero-order valence-corrected chi connectivity index (χ0v) is 13.3. The third-order valence-corrected chi connectivity index (χ3v) is 4.19. The van der Waals surface area contributed by atoms with Crippen molar-refractivity contribution in [3.05, 3.63) is 22.6 Å². The number of alkyl halides is 1. The number of aromatic nitrogens is 3. The number of hydrogen-bond donors (Lipinski definition) is 5. The molecule has 7 N–H and O–H groups in total. The molecular formula is C15H18FN5O4. The van der Waals surface area contributed by atoms with Crippen molar-refractivity contribution in [3.8, 4) is 11.8 Å². The predicted octanol–water partition coefficient (Wildman–Crippen LogP) is -1.38. The van der Waals surface area contributed by atoms with Crippen molar-refractivity contribution in [3.63, 3.8) is 0 Å². The number of aromatic amines is 1. The molecule has 25 heavy (non-hydrogen) atoms. The van der Waals surface area contributed by atoms with E-state index in [1.54, 1.807) is 0 Å². The lowest BCUT2D eigenvalue weighted by atomic mass is 9.90. The molecule has 2 aromatic rings. The van der Waals surface area contributed by atoms with Gasteiger partial charge in [-0.1, -0.05) is 11.8 Å². The van der Waals surface area contributed by atoms with Crippen LogP contribution in [0, 0.1) is 11.8 Å². The summed E-state index contributed by atoms with van der Waals surface area (Å²) in [5, 5.41) is 20.6. The number of nitrogens with zero attached hydrogens (tertiary/aromatic N) is 2. The van der Waals surface area contributed by atoms with Crippen molar-refractivity contribution >= 4 is 17.0 Å². The molecule has 0 aromatic carbocycles. The van der Waals surface area contributed by atoms with Crippen LogP contribution in [0.25, 0.3) is 11.0 Å². The molecule has 0 spiro atoms. The topological polar surface area (TPSA) is 152 Å². The zero-order valence-electron chi connectivity index (χ0n) is 13.3. The van der Waals surface area contributed by atoms with Gasteiger partial charge in [0.05, 0.1) is 11.5 Å². The number of H-pyrrole nitrogens is 1. The van der Waals surface area contributed by atoms with Crippen LogP contribution >= 0.6 is 0 Å². The Balaban J connectivity index is 2.18. The molecule has 10 heteroatoms. The Kier molecular flexibility index (Phi) is 4.26. The van der Waals surface area contributed by atoms with Crippen molar-refractivity contribution in [2.24, 2.45) is 5.73 Å². The molecule has 9 nitrogen and oxygen atoms in total. The smallest absolute Gasteiger partial charge is 0.261 e. The van der Waals surface area contributed by atoms with Crippen LogP contribution in [0.2, 0.25) is 0 Å². The first-order valence-corrected chi connectivity index (χ1v) is 7.52. The molecule has 1 aliphatic rings. The van der Waals surface area contributed by atoms with E-state index in [4.69, 9.17) is 16.2 Å². The monoisotopic (exact) mass is 351 g/mol. The fourth-order valence-corrected chi connectivity index (χ4v) is 3.00. The van der Waals surface area contributed by atoms with Crippen LogP contribution in [0.15, 0.2) is 17.1 Å². The summed E-state index contributed by atoms with van der Waals surface area (Å²) in [5.41, 5.74) is 9.80. The van der Waals surface area contributed by atoms with Gasteiger partial charge in [-0.05, 0) is 13.0 Å². The van der Waals surface area contributed by atoms with Gasteiger partial charge in [-0.25, -0.2) is 4.39 Å². The number of nitrogens with one attached hydrogen (secondary N) is 1. The second-order valence-corrected chi connectivity index (χ2v) is 5.92. The first-order chi connectivity index (χ1) is 11.8. The van der Waals surface area contributed by atoms with E-state index < -0.39 is 42.3 Å². The van der Waals surface area contributed by atoms with E-state index in [-0.39, 0.29) is 17.0 Å². The van der Waals surface area contributed by atoms with Gasteiger partial charge in [0, 0.05) is 6.20 Å². The summed E-state index contributed by atoms with van der Waals surface area (Å²) in [6.45, 7) is 0.461. The third kappa shape index (κ3) is 2.67. The minimum atomic E-state index is -1.72. The Morgan fingerprint density at radius 1 is 1.64 bits per heavy atom. The van der Waals surface area contributed by atoms with E-state index in [0.717, 1.165) is 0 Å². The number of nitrogen functional groups attached to an aromatic ring is 1. The summed E-state index contributed by atoms with van der Waals surface area (Å²) in [4.78, 5) is 18.4. The molecule has 0 bridgehead atoms. The number of rotatable bonds is 2. The number of halogens is 1. The number of ether oxygens (including phenoxy) is 1. The molecule has 0 radical (unpaired) electrons. The maximum Gasteiger partial charge on any atom is 0.261 e. The van der Waals surface area contributed by atoms with Gasteiger partial charge < -0.3 is 31.0 Å². The molecule has 0 aliphatic carbocycles. The maximum atomic E-state index is 12.5. The van der Waals surface area contributed by atoms with Gasteiger partial charge >= 0.3 is 0 Å². The summed E-state index contributed by atoms with van der Waals surface area (Å²) in [5.74, 6) is 4.56. The minimum absolute atomic E-state index is 0.111. The average Bonchev–Trinajstić information content (AvgIpc) is 3.06. The molecule has 1 unspecified atom stereocenters. The number of aliphatic hydroxyl groups is 2. The highest BCUT2D eigenvalue weighted by Gasteiger charge is 2.55. The van der Waals surface area contributed by atoms with Gasteiger partial charge in [0.1, 0.15) is 18.9 Å². The molecule has 1 fully saturated rings. The lowest BCUT2D eigenvalue weighted by Crippen LogP contribution is -2.54. The number of hydrogen-bond acceptors (Lipinski definition) is 7. The fraction of sp³-hybridized carbons (Fsp3) is 0.467. The Labute approximate surface area is 141 Å². The van der Waals surface area contributed by atoms with E-state index >= 15 is 0 Å². The fourth-order valence-electron chi connectivity index (χ4n) is 3.00. The summed E-state index contributed by atoms with van der Waals surface area (Å²) in [7, 11) is 0. The summed E-state index contributed by atoms with van der Waals surface area (Å²) < 4.78 is 19.6. The number of aliphatic hydroxyl groups excluding tert-OH is 2. The highest BCUT2D eigenvalue weighted by Crippen LogP contribution is 2.39. The van der Waals surface area contributed by atoms with Crippen LogP contribution in [0.4, 0.5) is 10.3 Å². The second-order valence-electron chi connectivity index (χ2n) is 5.92. The van der Waals surface area contributed by atoms with Crippen LogP contribution in [0.1, 0.15) is 13.2 Å².